The van der Waals surface area contributed by atoms with E-state index in [2.05, 4.69) is 10.3 Å². The summed E-state index contributed by atoms with van der Waals surface area (Å²) in [4.78, 5) is 26.8. The van der Waals surface area contributed by atoms with Crippen LogP contribution in [0.2, 0.25) is 0 Å². The average molecular weight is 334 g/mol. The molecule has 9 heteroatoms. The number of aryl methyl sites for hydroxylation is 1. The summed E-state index contributed by atoms with van der Waals surface area (Å²) in [5.74, 6) is -0.394. The van der Waals surface area contributed by atoms with Crippen molar-refractivity contribution in [2.75, 3.05) is 20.8 Å². The minimum absolute atomic E-state index is 0.0110. The third-order valence-electron chi connectivity index (χ3n) is 3.38. The number of nitrogens with one attached hydrogen (secondary N) is 1. The van der Waals surface area contributed by atoms with Gasteiger partial charge in [-0.15, -0.1) is 0 Å². The molecule has 1 heterocycles. The number of nitrogens with zero attached hydrogens (tertiary/aromatic N) is 3. The number of aromatic nitrogens is 2. The van der Waals surface area contributed by atoms with Gasteiger partial charge in [-0.1, -0.05) is 0 Å². The van der Waals surface area contributed by atoms with Gasteiger partial charge < -0.3 is 19.4 Å². The van der Waals surface area contributed by atoms with Crippen molar-refractivity contribution in [3.05, 3.63) is 46.5 Å². The van der Waals surface area contributed by atoms with Crippen molar-refractivity contribution in [3.63, 3.8) is 0 Å². The Kier molecular flexibility index (Phi) is 5.72. The highest BCUT2D eigenvalue weighted by molar-refractivity contribution is 6.01. The first kappa shape index (κ1) is 17.3. The van der Waals surface area contributed by atoms with Crippen LogP contribution in [0.3, 0.4) is 0 Å². The smallest absolute Gasteiger partial charge is 0.312 e. The molecular formula is C15H18N4O5. The van der Waals surface area contributed by atoms with Crippen molar-refractivity contribution in [1.82, 2.24) is 14.9 Å². The number of imidazole rings is 1. The molecule has 0 atom stereocenters. The zero-order valence-corrected chi connectivity index (χ0v) is 13.4. The number of benzene rings is 1. The van der Waals surface area contributed by atoms with Crippen LogP contribution in [0.4, 0.5) is 5.69 Å². The van der Waals surface area contributed by atoms with E-state index in [4.69, 9.17) is 9.47 Å². The van der Waals surface area contributed by atoms with E-state index in [0.29, 0.717) is 19.5 Å². The summed E-state index contributed by atoms with van der Waals surface area (Å²) in [6.45, 7) is 1.09. The number of hydrogen-bond acceptors (Lipinski definition) is 6. The lowest BCUT2D eigenvalue weighted by molar-refractivity contribution is -0.385. The second-order valence-corrected chi connectivity index (χ2v) is 4.86. The summed E-state index contributed by atoms with van der Waals surface area (Å²) >= 11 is 0. The van der Waals surface area contributed by atoms with Gasteiger partial charge >= 0.3 is 5.69 Å². The number of carbonyl (C=O) groups excluding carboxylic acids is 1. The van der Waals surface area contributed by atoms with E-state index in [9.17, 15) is 14.9 Å². The predicted octanol–water partition coefficient (Wildman–Crippen LogP) is 1.63. The van der Waals surface area contributed by atoms with E-state index < -0.39 is 10.8 Å². The number of carbonyl (C=O) groups is 1. The fourth-order valence-electron chi connectivity index (χ4n) is 2.26. The Hall–Kier alpha value is -3.10. The molecule has 1 amide bonds. The highest BCUT2D eigenvalue weighted by atomic mass is 16.6. The van der Waals surface area contributed by atoms with Gasteiger partial charge in [-0.25, -0.2) is 4.98 Å². The summed E-state index contributed by atoms with van der Waals surface area (Å²) in [6, 6.07) is 2.62. The highest BCUT2D eigenvalue weighted by Crippen LogP contribution is 2.36. The van der Waals surface area contributed by atoms with Crippen LogP contribution < -0.4 is 14.8 Å². The number of amides is 1. The first-order chi connectivity index (χ1) is 11.6. The summed E-state index contributed by atoms with van der Waals surface area (Å²) in [5, 5.41) is 13.8. The largest absolute Gasteiger partial charge is 0.496 e. The number of hydrogen-bond donors (Lipinski definition) is 1. The first-order valence-electron chi connectivity index (χ1n) is 7.21. The normalized spacial score (nSPS) is 10.2. The SMILES string of the molecule is COc1ccc([N+](=O)[O-])c(OC)c1C(=O)NCCCn1ccnc1. The fourth-order valence-corrected chi connectivity index (χ4v) is 2.26. The van der Waals surface area contributed by atoms with Gasteiger partial charge in [0.05, 0.1) is 25.5 Å². The number of methoxy groups -OCH3 is 2. The monoisotopic (exact) mass is 334 g/mol. The zero-order valence-electron chi connectivity index (χ0n) is 13.4. The minimum atomic E-state index is -0.603. The van der Waals surface area contributed by atoms with E-state index in [-0.39, 0.29) is 22.7 Å². The number of nitro groups is 1. The van der Waals surface area contributed by atoms with Crippen LogP contribution in [0.1, 0.15) is 16.8 Å². The number of ether oxygens (including phenoxy) is 2. The molecule has 0 bridgehead atoms. The van der Waals surface area contributed by atoms with Crippen LogP contribution in [-0.2, 0) is 6.54 Å². The van der Waals surface area contributed by atoms with Crippen molar-refractivity contribution in [3.8, 4) is 11.5 Å². The molecule has 24 heavy (non-hydrogen) atoms. The molecule has 128 valence electrons. The Balaban J connectivity index is 2.11. The van der Waals surface area contributed by atoms with E-state index >= 15 is 0 Å². The molecule has 1 aromatic carbocycles. The van der Waals surface area contributed by atoms with Crippen molar-refractivity contribution >= 4 is 11.6 Å². The number of nitro benzene ring substituents is 1. The molecular weight excluding hydrogens is 316 g/mol. The predicted molar refractivity (Wildman–Crippen MR) is 85.4 cm³/mol. The molecule has 0 radical (unpaired) electrons. The zero-order chi connectivity index (χ0) is 17.5. The Morgan fingerprint density at radius 2 is 2.17 bits per heavy atom. The van der Waals surface area contributed by atoms with E-state index in [0.717, 1.165) is 0 Å². The van der Waals surface area contributed by atoms with Gasteiger partial charge in [0, 0.05) is 31.5 Å². The van der Waals surface area contributed by atoms with Gasteiger partial charge in [-0.2, -0.15) is 0 Å². The van der Waals surface area contributed by atoms with Crippen molar-refractivity contribution in [2.45, 2.75) is 13.0 Å². The Morgan fingerprint density at radius 3 is 2.75 bits per heavy atom. The molecule has 0 aliphatic rings. The molecule has 0 saturated heterocycles. The topological polar surface area (TPSA) is 109 Å². The maximum absolute atomic E-state index is 12.4. The van der Waals surface area contributed by atoms with Gasteiger partial charge in [-0.3, -0.25) is 14.9 Å². The molecule has 0 aliphatic carbocycles. The maximum Gasteiger partial charge on any atom is 0.312 e. The molecule has 9 nitrogen and oxygen atoms in total. The van der Waals surface area contributed by atoms with E-state index in [1.165, 1.54) is 26.4 Å². The summed E-state index contributed by atoms with van der Waals surface area (Å²) in [6.07, 6.45) is 5.88. The van der Waals surface area contributed by atoms with Crippen molar-refractivity contribution in [2.24, 2.45) is 0 Å². The molecule has 0 spiro atoms. The van der Waals surface area contributed by atoms with Gasteiger partial charge in [0.1, 0.15) is 11.3 Å². The molecule has 1 N–H and O–H groups in total. The Bertz CT molecular complexity index is 715. The molecule has 0 unspecified atom stereocenters. The third-order valence-corrected chi connectivity index (χ3v) is 3.38. The van der Waals surface area contributed by atoms with Crippen LogP contribution in [0, 0.1) is 10.1 Å². The fraction of sp³-hybridized carbons (Fsp3) is 0.333. The lowest BCUT2D eigenvalue weighted by atomic mass is 10.1. The van der Waals surface area contributed by atoms with Crippen LogP contribution in [0.25, 0.3) is 0 Å². The first-order valence-corrected chi connectivity index (χ1v) is 7.21. The van der Waals surface area contributed by atoms with Crippen LogP contribution in [-0.4, -0.2) is 41.1 Å². The quantitative estimate of drug-likeness (QED) is 0.446. The molecule has 2 aromatic rings. The molecule has 1 aromatic heterocycles. The molecule has 0 fully saturated rings. The highest BCUT2D eigenvalue weighted by Gasteiger charge is 2.27. The van der Waals surface area contributed by atoms with Gasteiger partial charge in [-0.05, 0) is 12.5 Å². The van der Waals surface area contributed by atoms with Crippen LogP contribution >= 0.6 is 0 Å². The standard InChI is InChI=1S/C15H18N4O5/c1-23-12-5-4-11(19(21)22)14(24-2)13(12)15(20)17-6-3-8-18-9-7-16-10-18/h4-5,7,9-10H,3,6,8H2,1-2H3,(H,17,20). The van der Waals surface area contributed by atoms with Gasteiger partial charge in [0.15, 0.2) is 0 Å². The summed E-state index contributed by atoms with van der Waals surface area (Å²) < 4.78 is 12.1. The van der Waals surface area contributed by atoms with Gasteiger partial charge in [0.25, 0.3) is 5.91 Å². The van der Waals surface area contributed by atoms with Crippen molar-refractivity contribution in [1.29, 1.82) is 0 Å². The second kappa shape index (κ2) is 7.95. The summed E-state index contributed by atoms with van der Waals surface area (Å²) in [5.41, 5.74) is -0.279. The van der Waals surface area contributed by atoms with Gasteiger partial charge in [0.2, 0.25) is 5.75 Å². The maximum atomic E-state index is 12.4. The van der Waals surface area contributed by atoms with Crippen LogP contribution in [0.5, 0.6) is 11.5 Å². The van der Waals surface area contributed by atoms with E-state index in [1.54, 1.807) is 12.5 Å². The molecule has 0 saturated carbocycles. The number of rotatable bonds is 8. The summed E-state index contributed by atoms with van der Waals surface area (Å²) in [7, 11) is 2.66. The molecule has 2 rings (SSSR count). The lowest BCUT2D eigenvalue weighted by Gasteiger charge is -2.13. The third kappa shape index (κ3) is 3.80. The van der Waals surface area contributed by atoms with E-state index in [1.807, 2.05) is 10.8 Å². The van der Waals surface area contributed by atoms with Crippen LogP contribution in [0.15, 0.2) is 30.9 Å². The minimum Gasteiger partial charge on any atom is -0.496 e. The van der Waals surface area contributed by atoms with Crippen molar-refractivity contribution < 1.29 is 19.2 Å². The molecule has 0 aliphatic heterocycles. The lowest BCUT2D eigenvalue weighted by Crippen LogP contribution is -2.26. The average Bonchev–Trinajstić information content (AvgIpc) is 3.10. The Labute approximate surface area is 138 Å². The Morgan fingerprint density at radius 1 is 1.38 bits per heavy atom. The second-order valence-electron chi connectivity index (χ2n) is 4.86.